The first-order valence-corrected chi connectivity index (χ1v) is 13.4. The van der Waals surface area contributed by atoms with E-state index in [2.05, 4.69) is 27.3 Å². The summed E-state index contributed by atoms with van der Waals surface area (Å²) in [6.07, 6.45) is 0. The summed E-state index contributed by atoms with van der Waals surface area (Å²) in [5, 5.41) is 0. The molecule has 3 rings (SSSR count). The van der Waals surface area contributed by atoms with Crippen LogP contribution in [0.1, 0.15) is 20.7 Å². The van der Waals surface area contributed by atoms with Crippen molar-refractivity contribution in [1.82, 2.24) is 0 Å². The third kappa shape index (κ3) is 6.05. The fourth-order valence-corrected chi connectivity index (χ4v) is 7.01. The zero-order valence-electron chi connectivity index (χ0n) is 16.4. The number of hydrogen-bond donors (Lipinski definition) is 1. The van der Waals surface area contributed by atoms with Gasteiger partial charge in [-0.05, 0) is 104 Å². The number of rotatable bonds is 5. The van der Waals surface area contributed by atoms with Gasteiger partial charge < -0.3 is 9.47 Å². The van der Waals surface area contributed by atoms with Crippen LogP contribution < -0.4 is 9.47 Å². The van der Waals surface area contributed by atoms with Gasteiger partial charge in [-0.3, -0.25) is 4.55 Å². The smallest absolute Gasteiger partial charge is 0.343 e. The Kier molecular flexibility index (Phi) is 8.65. The van der Waals surface area contributed by atoms with E-state index in [9.17, 15) is 35.6 Å². The molecule has 0 aromatic heterocycles. The number of hydrogen-bond acceptors (Lipinski definition) is 6. The van der Waals surface area contributed by atoms with Gasteiger partial charge in [0.05, 0.1) is 18.3 Å². The molecule has 0 aliphatic rings. The molecule has 0 saturated carbocycles. The average molecular weight is 848 g/mol. The number of esters is 2. The van der Waals surface area contributed by atoms with Gasteiger partial charge in [-0.15, -0.1) is 0 Å². The number of ether oxygens (including phenoxy) is 2. The highest BCUT2D eigenvalue weighted by atomic mass is 127. The maximum absolute atomic E-state index is 14.1. The second kappa shape index (κ2) is 10.8. The number of carbonyl (C=O) groups is 2. The lowest BCUT2D eigenvalue weighted by Crippen LogP contribution is -2.16. The van der Waals surface area contributed by atoms with Crippen molar-refractivity contribution in [3.8, 4) is 11.5 Å². The van der Waals surface area contributed by atoms with Crippen molar-refractivity contribution in [2.75, 3.05) is 0 Å². The quantitative estimate of drug-likeness (QED) is 0.0873. The molecule has 0 radical (unpaired) electrons. The summed E-state index contributed by atoms with van der Waals surface area (Å²) in [6.45, 7) is 0. The molecule has 184 valence electrons. The highest BCUT2D eigenvalue weighted by Crippen LogP contribution is 2.33. The first-order valence-electron chi connectivity index (χ1n) is 8.74. The summed E-state index contributed by atoms with van der Waals surface area (Å²) in [6, 6.07) is 7.91. The van der Waals surface area contributed by atoms with E-state index in [4.69, 9.17) is 9.29 Å². The minimum atomic E-state index is -5.67. The molecule has 35 heavy (non-hydrogen) atoms. The molecule has 15 heteroatoms. The molecular formula is C20H7F4I3O7S. The van der Waals surface area contributed by atoms with E-state index in [1.807, 2.05) is 45.2 Å². The summed E-state index contributed by atoms with van der Waals surface area (Å²) in [5.74, 6) is -13.5. The molecule has 0 atom stereocenters. The van der Waals surface area contributed by atoms with E-state index < -0.39 is 56.0 Å². The van der Waals surface area contributed by atoms with Crippen LogP contribution in [0, 0.1) is 34.0 Å². The van der Waals surface area contributed by atoms with Crippen LogP contribution in [0.25, 0.3) is 0 Å². The summed E-state index contributed by atoms with van der Waals surface area (Å²) < 4.78 is 98.7. The maximum atomic E-state index is 14.1. The molecule has 7 nitrogen and oxygen atoms in total. The van der Waals surface area contributed by atoms with Crippen molar-refractivity contribution >= 4 is 89.8 Å². The molecule has 1 N–H and O–H groups in total. The monoisotopic (exact) mass is 848 g/mol. The van der Waals surface area contributed by atoms with E-state index in [1.54, 1.807) is 12.1 Å². The number of benzene rings is 3. The largest absolute Gasteiger partial charge is 0.421 e. The normalized spacial score (nSPS) is 11.3. The predicted molar refractivity (Wildman–Crippen MR) is 137 cm³/mol. The van der Waals surface area contributed by atoms with Gasteiger partial charge in [0.25, 0.3) is 0 Å². The topological polar surface area (TPSA) is 107 Å². The standard InChI is InChI=1S/C20H7F4I3O7S/c21-12-14(23)18(35(30,31)32)15(24)13(22)17(12)34-20(29)8-3-1-7(2-4-8)19(28)33-16-10(26)5-9(25)6-11(16)27/h1-6H,(H,30,31,32). The van der Waals surface area contributed by atoms with Crippen molar-refractivity contribution in [3.05, 3.63) is 81.5 Å². The Labute approximate surface area is 235 Å². The molecule has 0 unspecified atom stereocenters. The molecule has 0 aliphatic carbocycles. The van der Waals surface area contributed by atoms with Gasteiger partial charge in [0.15, 0.2) is 22.3 Å². The zero-order valence-corrected chi connectivity index (χ0v) is 23.7. The molecule has 0 amide bonds. The molecule has 0 spiro atoms. The van der Waals surface area contributed by atoms with Crippen LogP contribution in [0.15, 0.2) is 41.3 Å². The van der Waals surface area contributed by atoms with Gasteiger partial charge in [0.1, 0.15) is 0 Å². The van der Waals surface area contributed by atoms with E-state index in [-0.39, 0.29) is 11.1 Å². The van der Waals surface area contributed by atoms with Crippen LogP contribution >= 0.6 is 67.8 Å². The molecule has 0 fully saturated rings. The Morgan fingerprint density at radius 1 is 0.714 bits per heavy atom. The van der Waals surface area contributed by atoms with E-state index >= 15 is 0 Å². The van der Waals surface area contributed by atoms with Gasteiger partial charge in [0, 0.05) is 3.57 Å². The Bertz CT molecular complexity index is 1430. The number of halogens is 7. The Morgan fingerprint density at radius 2 is 1.09 bits per heavy atom. The van der Waals surface area contributed by atoms with Gasteiger partial charge >= 0.3 is 22.1 Å². The lowest BCUT2D eigenvalue weighted by Gasteiger charge is -2.11. The second-order valence-corrected chi connectivity index (χ2v) is 11.4. The summed E-state index contributed by atoms with van der Waals surface area (Å²) >= 11 is 6.09. The highest BCUT2D eigenvalue weighted by molar-refractivity contribution is 14.1. The van der Waals surface area contributed by atoms with Crippen LogP contribution in [-0.2, 0) is 10.1 Å². The average Bonchev–Trinajstić information content (AvgIpc) is 2.76. The molecule has 0 heterocycles. The molecule has 3 aromatic rings. The Balaban J connectivity index is 1.84. The SMILES string of the molecule is O=C(Oc1c(I)cc(I)cc1I)c1ccc(C(=O)Oc2c(F)c(F)c(S(=O)(=O)O)c(F)c2F)cc1. The number of carbonyl (C=O) groups excluding carboxylic acids is 2. The van der Waals surface area contributed by atoms with E-state index in [0.29, 0.717) is 12.9 Å². The lowest BCUT2D eigenvalue weighted by atomic mass is 10.1. The van der Waals surface area contributed by atoms with Crippen molar-refractivity contribution in [1.29, 1.82) is 0 Å². The minimum Gasteiger partial charge on any atom is -0.421 e. The summed E-state index contributed by atoms with van der Waals surface area (Å²) in [5.41, 5.74) is -0.378. The van der Waals surface area contributed by atoms with Gasteiger partial charge in [-0.1, -0.05) is 0 Å². The van der Waals surface area contributed by atoms with Crippen LogP contribution in [0.5, 0.6) is 11.5 Å². The molecule has 0 aliphatic heterocycles. The van der Waals surface area contributed by atoms with Crippen LogP contribution in [-0.4, -0.2) is 24.9 Å². The van der Waals surface area contributed by atoms with Gasteiger partial charge in [-0.25, -0.2) is 18.4 Å². The zero-order chi connectivity index (χ0) is 26.2. The first kappa shape index (κ1) is 28.0. The van der Waals surface area contributed by atoms with Gasteiger partial charge in [0.2, 0.25) is 17.4 Å². The second-order valence-electron chi connectivity index (χ2n) is 6.44. The molecule has 0 bridgehead atoms. The minimum absolute atomic E-state index is 0.00125. The van der Waals surface area contributed by atoms with Crippen molar-refractivity contribution in [2.45, 2.75) is 4.90 Å². The molecular weight excluding hydrogens is 841 g/mol. The Morgan fingerprint density at radius 3 is 1.46 bits per heavy atom. The maximum Gasteiger partial charge on any atom is 0.343 e. The van der Waals surface area contributed by atoms with Crippen LogP contribution in [0.4, 0.5) is 17.6 Å². The van der Waals surface area contributed by atoms with E-state index in [1.165, 1.54) is 0 Å². The van der Waals surface area contributed by atoms with Crippen LogP contribution in [0.3, 0.4) is 0 Å². The van der Waals surface area contributed by atoms with Crippen molar-refractivity contribution in [2.24, 2.45) is 0 Å². The van der Waals surface area contributed by atoms with Gasteiger partial charge in [-0.2, -0.15) is 17.2 Å². The lowest BCUT2D eigenvalue weighted by molar-refractivity contribution is 0.0708. The van der Waals surface area contributed by atoms with E-state index in [0.717, 1.165) is 27.8 Å². The van der Waals surface area contributed by atoms with Crippen LogP contribution in [0.2, 0.25) is 0 Å². The fraction of sp³-hybridized carbons (Fsp3) is 0. The Hall–Kier alpha value is -1.58. The van der Waals surface area contributed by atoms with Crippen molar-refractivity contribution in [3.63, 3.8) is 0 Å². The fourth-order valence-electron chi connectivity index (χ4n) is 2.58. The molecule has 0 saturated heterocycles. The highest BCUT2D eigenvalue weighted by Gasteiger charge is 2.34. The third-order valence-electron chi connectivity index (χ3n) is 4.15. The summed E-state index contributed by atoms with van der Waals surface area (Å²) in [4.78, 5) is 22.4. The third-order valence-corrected chi connectivity index (χ3v) is 7.25. The predicted octanol–water partition coefficient (Wildman–Crippen LogP) is 5.74. The summed E-state index contributed by atoms with van der Waals surface area (Å²) in [7, 11) is -5.67. The van der Waals surface area contributed by atoms with Crippen molar-refractivity contribution < 1.29 is 49.6 Å². The first-order chi connectivity index (χ1) is 16.2. The molecule has 3 aromatic carbocycles.